The summed E-state index contributed by atoms with van der Waals surface area (Å²) < 4.78 is 0. The summed E-state index contributed by atoms with van der Waals surface area (Å²) in [6.45, 7) is 2.04. The van der Waals surface area contributed by atoms with E-state index >= 15 is 0 Å². The Hall–Kier alpha value is -2.20. The predicted octanol–water partition coefficient (Wildman–Crippen LogP) is 3.10. The van der Waals surface area contributed by atoms with Crippen molar-refractivity contribution in [2.75, 3.05) is 0 Å². The summed E-state index contributed by atoms with van der Waals surface area (Å²) in [4.78, 5) is 0. The van der Waals surface area contributed by atoms with Gasteiger partial charge in [0.05, 0.1) is 0 Å². The van der Waals surface area contributed by atoms with Crippen LogP contribution < -0.4 is 0 Å². The van der Waals surface area contributed by atoms with Gasteiger partial charge in [-0.3, -0.25) is 0 Å². The van der Waals surface area contributed by atoms with E-state index in [-0.39, 0.29) is 5.75 Å². The first-order chi connectivity index (χ1) is 7.74. The fraction of sp³-hybridized carbons (Fsp3) is 0.0667. The fourth-order valence-electron chi connectivity index (χ4n) is 1.45. The smallest absolute Gasteiger partial charge is 0.116 e. The molecule has 1 nitrogen and oxygen atoms in total. The molecule has 2 rings (SSSR count). The molecule has 0 saturated heterocycles. The van der Waals surface area contributed by atoms with Crippen molar-refractivity contribution < 1.29 is 5.11 Å². The van der Waals surface area contributed by atoms with Crippen LogP contribution in [0.15, 0.2) is 48.5 Å². The summed E-state index contributed by atoms with van der Waals surface area (Å²) in [6, 6.07) is 15.0. The molecule has 0 heterocycles. The SMILES string of the molecule is Cc1cccc(C#Cc2cccc(O)c2)c1. The first kappa shape index (κ1) is 10.3. The molecule has 16 heavy (non-hydrogen) atoms. The zero-order chi connectivity index (χ0) is 11.4. The Morgan fingerprint density at radius 1 is 0.875 bits per heavy atom. The Labute approximate surface area is 95.4 Å². The van der Waals surface area contributed by atoms with E-state index in [1.165, 1.54) is 5.56 Å². The molecule has 0 atom stereocenters. The van der Waals surface area contributed by atoms with Crippen LogP contribution in [-0.4, -0.2) is 5.11 Å². The molecule has 1 heteroatoms. The van der Waals surface area contributed by atoms with Crippen LogP contribution in [0, 0.1) is 18.8 Å². The molecule has 0 aromatic heterocycles. The van der Waals surface area contributed by atoms with Gasteiger partial charge >= 0.3 is 0 Å². The van der Waals surface area contributed by atoms with Gasteiger partial charge in [0.2, 0.25) is 0 Å². The minimum Gasteiger partial charge on any atom is -0.508 e. The van der Waals surface area contributed by atoms with Gasteiger partial charge in [0.25, 0.3) is 0 Å². The predicted molar refractivity (Wildman–Crippen MR) is 65.3 cm³/mol. The highest BCUT2D eigenvalue weighted by Gasteiger charge is 1.90. The summed E-state index contributed by atoms with van der Waals surface area (Å²) in [5, 5.41) is 9.29. The molecule has 0 aliphatic heterocycles. The van der Waals surface area contributed by atoms with E-state index in [1.54, 1.807) is 18.2 Å². The molecule has 0 aliphatic carbocycles. The summed E-state index contributed by atoms with van der Waals surface area (Å²) in [5.41, 5.74) is 3.01. The van der Waals surface area contributed by atoms with Gasteiger partial charge < -0.3 is 5.11 Å². The molecule has 0 bridgehead atoms. The van der Waals surface area contributed by atoms with Gasteiger partial charge in [-0.15, -0.1) is 0 Å². The first-order valence-corrected chi connectivity index (χ1v) is 5.12. The molecule has 0 spiro atoms. The monoisotopic (exact) mass is 208 g/mol. The van der Waals surface area contributed by atoms with Crippen molar-refractivity contribution in [3.05, 3.63) is 65.2 Å². The third kappa shape index (κ3) is 2.65. The molecular formula is C15H12O. The summed E-state index contributed by atoms with van der Waals surface area (Å²) in [7, 11) is 0. The van der Waals surface area contributed by atoms with Crippen molar-refractivity contribution in [1.29, 1.82) is 0 Å². The quantitative estimate of drug-likeness (QED) is 0.659. The van der Waals surface area contributed by atoms with Crippen molar-refractivity contribution >= 4 is 0 Å². The molecular weight excluding hydrogens is 196 g/mol. The Bertz CT molecular complexity index is 509. The number of phenols is 1. The van der Waals surface area contributed by atoms with Crippen molar-refractivity contribution in [2.45, 2.75) is 6.92 Å². The number of rotatable bonds is 0. The van der Waals surface area contributed by atoms with E-state index in [1.807, 2.05) is 37.3 Å². The Kier molecular flexibility index (Phi) is 2.93. The van der Waals surface area contributed by atoms with Crippen LogP contribution in [0.25, 0.3) is 0 Å². The summed E-state index contributed by atoms with van der Waals surface area (Å²) >= 11 is 0. The third-order valence-electron chi connectivity index (χ3n) is 2.22. The van der Waals surface area contributed by atoms with Gasteiger partial charge in [-0.05, 0) is 42.8 Å². The lowest BCUT2D eigenvalue weighted by atomic mass is 10.1. The highest BCUT2D eigenvalue weighted by Crippen LogP contribution is 2.10. The van der Waals surface area contributed by atoms with Gasteiger partial charge in [0, 0.05) is 11.1 Å². The number of phenolic OH excluding ortho intramolecular Hbond substituents is 1. The fourth-order valence-corrected chi connectivity index (χ4v) is 1.45. The zero-order valence-corrected chi connectivity index (χ0v) is 9.07. The molecule has 0 saturated carbocycles. The number of benzene rings is 2. The second-order valence-corrected chi connectivity index (χ2v) is 3.67. The van der Waals surface area contributed by atoms with Crippen LogP contribution in [0.3, 0.4) is 0 Å². The minimum atomic E-state index is 0.246. The molecule has 0 aliphatic rings. The molecule has 2 aromatic carbocycles. The van der Waals surface area contributed by atoms with Gasteiger partial charge in [0.15, 0.2) is 0 Å². The topological polar surface area (TPSA) is 20.2 Å². The number of aromatic hydroxyl groups is 1. The second-order valence-electron chi connectivity index (χ2n) is 3.67. The van der Waals surface area contributed by atoms with E-state index in [9.17, 15) is 5.11 Å². The van der Waals surface area contributed by atoms with Crippen LogP contribution in [0.2, 0.25) is 0 Å². The van der Waals surface area contributed by atoms with E-state index < -0.39 is 0 Å². The first-order valence-electron chi connectivity index (χ1n) is 5.12. The molecule has 0 fully saturated rings. The Morgan fingerprint density at radius 3 is 2.12 bits per heavy atom. The van der Waals surface area contributed by atoms with Crippen LogP contribution >= 0.6 is 0 Å². The number of hydrogen-bond donors (Lipinski definition) is 1. The third-order valence-corrected chi connectivity index (χ3v) is 2.22. The van der Waals surface area contributed by atoms with Crippen molar-refractivity contribution in [2.24, 2.45) is 0 Å². The number of hydrogen-bond acceptors (Lipinski definition) is 1. The molecule has 0 radical (unpaired) electrons. The van der Waals surface area contributed by atoms with Gasteiger partial charge in [0.1, 0.15) is 5.75 Å². The number of aryl methyl sites for hydroxylation is 1. The van der Waals surface area contributed by atoms with E-state index in [0.717, 1.165) is 11.1 Å². The van der Waals surface area contributed by atoms with Gasteiger partial charge in [-0.1, -0.05) is 30.0 Å². The average Bonchev–Trinajstić information content (AvgIpc) is 2.27. The molecule has 78 valence electrons. The Morgan fingerprint density at radius 2 is 1.50 bits per heavy atom. The highest BCUT2D eigenvalue weighted by atomic mass is 16.3. The maximum absolute atomic E-state index is 9.29. The zero-order valence-electron chi connectivity index (χ0n) is 9.07. The standard InChI is InChI=1S/C15H12O/c1-12-4-2-5-13(10-12)8-9-14-6-3-7-15(16)11-14/h2-7,10-11,16H,1H3. The van der Waals surface area contributed by atoms with Crippen LogP contribution in [0.1, 0.15) is 16.7 Å². The molecule has 1 N–H and O–H groups in total. The lowest BCUT2D eigenvalue weighted by Gasteiger charge is -1.93. The van der Waals surface area contributed by atoms with Gasteiger partial charge in [-0.2, -0.15) is 0 Å². The molecule has 2 aromatic rings. The molecule has 0 amide bonds. The van der Waals surface area contributed by atoms with Crippen molar-refractivity contribution in [3.8, 4) is 17.6 Å². The van der Waals surface area contributed by atoms with E-state index in [4.69, 9.17) is 0 Å². The lowest BCUT2D eigenvalue weighted by Crippen LogP contribution is -1.77. The normalized spacial score (nSPS) is 9.31. The van der Waals surface area contributed by atoms with Crippen LogP contribution in [0.4, 0.5) is 0 Å². The highest BCUT2D eigenvalue weighted by molar-refractivity contribution is 5.45. The maximum atomic E-state index is 9.29. The van der Waals surface area contributed by atoms with E-state index in [0.29, 0.717) is 0 Å². The van der Waals surface area contributed by atoms with E-state index in [2.05, 4.69) is 11.8 Å². The van der Waals surface area contributed by atoms with Crippen molar-refractivity contribution in [1.82, 2.24) is 0 Å². The van der Waals surface area contributed by atoms with Crippen LogP contribution in [0.5, 0.6) is 5.75 Å². The van der Waals surface area contributed by atoms with Gasteiger partial charge in [-0.25, -0.2) is 0 Å². The lowest BCUT2D eigenvalue weighted by molar-refractivity contribution is 0.475. The minimum absolute atomic E-state index is 0.246. The molecule has 0 unspecified atom stereocenters. The van der Waals surface area contributed by atoms with Crippen molar-refractivity contribution in [3.63, 3.8) is 0 Å². The summed E-state index contributed by atoms with van der Waals surface area (Å²) in [5.74, 6) is 6.33. The summed E-state index contributed by atoms with van der Waals surface area (Å²) in [6.07, 6.45) is 0. The average molecular weight is 208 g/mol. The second kappa shape index (κ2) is 4.55. The maximum Gasteiger partial charge on any atom is 0.116 e. The van der Waals surface area contributed by atoms with Crippen LogP contribution in [-0.2, 0) is 0 Å². The Balaban J connectivity index is 2.28. The largest absolute Gasteiger partial charge is 0.508 e.